The predicted octanol–water partition coefficient (Wildman–Crippen LogP) is 2.63. The van der Waals surface area contributed by atoms with Crippen LogP contribution in [-0.4, -0.2) is 9.96 Å². The molecule has 0 aliphatic carbocycles. The Labute approximate surface area is 108 Å². The number of halogens is 1. The highest BCUT2D eigenvalue weighted by atomic mass is 32.2. The zero-order chi connectivity index (χ0) is 13.0. The summed E-state index contributed by atoms with van der Waals surface area (Å²) in [6, 6.07) is 14.9. The summed E-state index contributed by atoms with van der Waals surface area (Å²) in [4.78, 5) is 0.600. The van der Waals surface area contributed by atoms with E-state index in [-0.39, 0.29) is 11.9 Å². The maximum Gasteiger partial charge on any atom is 0.123 e. The van der Waals surface area contributed by atoms with Crippen molar-refractivity contribution in [3.8, 4) is 0 Å². The first-order valence-corrected chi connectivity index (χ1v) is 6.93. The van der Waals surface area contributed by atoms with Crippen LogP contribution >= 0.6 is 0 Å². The van der Waals surface area contributed by atoms with E-state index in [2.05, 4.69) is 0 Å². The van der Waals surface area contributed by atoms with E-state index in [0.717, 1.165) is 5.56 Å². The second-order valence-corrected chi connectivity index (χ2v) is 5.48. The van der Waals surface area contributed by atoms with Gasteiger partial charge in [-0.2, -0.15) is 0 Å². The molecule has 0 aliphatic rings. The molecule has 2 N–H and O–H groups in total. The maximum atomic E-state index is 12.8. The van der Waals surface area contributed by atoms with Gasteiger partial charge in [0.05, 0.1) is 10.8 Å². The molecule has 4 heteroatoms. The van der Waals surface area contributed by atoms with Gasteiger partial charge in [0.2, 0.25) is 0 Å². The van der Waals surface area contributed by atoms with Crippen LogP contribution in [0.15, 0.2) is 59.5 Å². The number of hydrogen-bond acceptors (Lipinski definition) is 2. The first-order chi connectivity index (χ1) is 8.66. The summed E-state index contributed by atoms with van der Waals surface area (Å²) >= 11 is 0. The third kappa shape index (κ3) is 3.24. The fourth-order valence-corrected chi connectivity index (χ4v) is 2.79. The quantitative estimate of drug-likeness (QED) is 0.921. The standard InChI is InChI=1S/C14H14FNOS/c15-12-6-8-13(9-7-12)18(17)10-14(16)11-4-2-1-3-5-11/h1-9,14H,10,16H2. The summed E-state index contributed by atoms with van der Waals surface area (Å²) < 4.78 is 24.8. The van der Waals surface area contributed by atoms with Crippen LogP contribution in [0.4, 0.5) is 4.39 Å². The Hall–Kier alpha value is -1.52. The van der Waals surface area contributed by atoms with Crippen LogP contribution in [-0.2, 0) is 10.8 Å². The van der Waals surface area contributed by atoms with E-state index in [9.17, 15) is 8.60 Å². The van der Waals surface area contributed by atoms with Crippen LogP contribution in [0.5, 0.6) is 0 Å². The van der Waals surface area contributed by atoms with Crippen molar-refractivity contribution in [1.29, 1.82) is 0 Å². The lowest BCUT2D eigenvalue weighted by molar-refractivity contribution is 0.626. The van der Waals surface area contributed by atoms with Crippen LogP contribution < -0.4 is 5.73 Å². The molecular weight excluding hydrogens is 249 g/mol. The fourth-order valence-electron chi connectivity index (χ4n) is 1.64. The Morgan fingerprint density at radius 3 is 2.28 bits per heavy atom. The second-order valence-electron chi connectivity index (χ2n) is 3.98. The Bertz CT molecular complexity index is 527. The van der Waals surface area contributed by atoms with E-state index < -0.39 is 10.8 Å². The van der Waals surface area contributed by atoms with Gasteiger partial charge in [0.15, 0.2) is 0 Å². The van der Waals surface area contributed by atoms with Gasteiger partial charge in [-0.15, -0.1) is 0 Å². The van der Waals surface area contributed by atoms with E-state index >= 15 is 0 Å². The van der Waals surface area contributed by atoms with Gasteiger partial charge in [0.1, 0.15) is 5.82 Å². The first-order valence-electron chi connectivity index (χ1n) is 5.61. The van der Waals surface area contributed by atoms with Gasteiger partial charge in [-0.1, -0.05) is 30.3 Å². The molecule has 0 spiro atoms. The molecule has 2 nitrogen and oxygen atoms in total. The monoisotopic (exact) mass is 263 g/mol. The summed E-state index contributed by atoms with van der Waals surface area (Å²) in [6.45, 7) is 0. The van der Waals surface area contributed by atoms with E-state index in [1.807, 2.05) is 30.3 Å². The fraction of sp³-hybridized carbons (Fsp3) is 0.143. The minimum Gasteiger partial charge on any atom is -0.323 e. The average molecular weight is 263 g/mol. The van der Waals surface area contributed by atoms with Crippen LogP contribution in [0.25, 0.3) is 0 Å². The molecule has 0 aliphatic heterocycles. The van der Waals surface area contributed by atoms with Crippen molar-refractivity contribution in [1.82, 2.24) is 0 Å². The van der Waals surface area contributed by atoms with Gasteiger partial charge >= 0.3 is 0 Å². The third-order valence-corrected chi connectivity index (χ3v) is 4.10. The van der Waals surface area contributed by atoms with Crippen molar-refractivity contribution >= 4 is 10.8 Å². The Balaban J connectivity index is 2.06. The highest BCUT2D eigenvalue weighted by Crippen LogP contribution is 2.15. The largest absolute Gasteiger partial charge is 0.323 e. The molecule has 18 heavy (non-hydrogen) atoms. The van der Waals surface area contributed by atoms with Gasteiger partial charge in [-0.3, -0.25) is 4.21 Å². The van der Waals surface area contributed by atoms with Gasteiger partial charge in [-0.25, -0.2) is 4.39 Å². The van der Waals surface area contributed by atoms with Crippen LogP contribution in [0.3, 0.4) is 0 Å². The summed E-state index contributed by atoms with van der Waals surface area (Å²) in [6.07, 6.45) is 0. The molecule has 0 heterocycles. The van der Waals surface area contributed by atoms with Gasteiger partial charge < -0.3 is 5.73 Å². The molecule has 2 aromatic carbocycles. The Morgan fingerprint density at radius 2 is 1.67 bits per heavy atom. The molecule has 0 aromatic heterocycles. The molecule has 2 atom stereocenters. The summed E-state index contributed by atoms with van der Waals surface area (Å²) in [5.74, 6) is -0.00144. The summed E-state index contributed by atoms with van der Waals surface area (Å²) in [5, 5.41) is 0. The smallest absolute Gasteiger partial charge is 0.123 e. The summed E-state index contributed by atoms with van der Waals surface area (Å²) in [5.41, 5.74) is 6.95. The molecule has 2 rings (SSSR count). The molecule has 0 saturated heterocycles. The lowest BCUT2D eigenvalue weighted by atomic mass is 10.1. The second kappa shape index (κ2) is 5.89. The Kier molecular flexibility index (Phi) is 4.23. The van der Waals surface area contributed by atoms with Crippen LogP contribution in [0.1, 0.15) is 11.6 Å². The minimum atomic E-state index is -1.21. The van der Waals surface area contributed by atoms with Gasteiger partial charge in [0.25, 0.3) is 0 Å². The van der Waals surface area contributed by atoms with E-state index in [4.69, 9.17) is 5.73 Å². The predicted molar refractivity (Wildman–Crippen MR) is 71.0 cm³/mol. The SMILES string of the molecule is NC(CS(=O)c1ccc(F)cc1)c1ccccc1. The first kappa shape index (κ1) is 12.9. The lowest BCUT2D eigenvalue weighted by Gasteiger charge is -2.11. The lowest BCUT2D eigenvalue weighted by Crippen LogP contribution is -2.18. The highest BCUT2D eigenvalue weighted by Gasteiger charge is 2.11. The highest BCUT2D eigenvalue weighted by molar-refractivity contribution is 7.85. The molecule has 0 saturated carbocycles. The number of nitrogens with two attached hydrogens (primary N) is 1. The van der Waals surface area contributed by atoms with Gasteiger partial charge in [-0.05, 0) is 29.8 Å². The molecule has 0 bridgehead atoms. The van der Waals surface area contributed by atoms with E-state index in [1.54, 1.807) is 0 Å². The Morgan fingerprint density at radius 1 is 1.06 bits per heavy atom. The van der Waals surface area contributed by atoms with E-state index in [0.29, 0.717) is 10.6 Å². The van der Waals surface area contributed by atoms with Crippen LogP contribution in [0, 0.1) is 5.82 Å². The minimum absolute atomic E-state index is 0.280. The van der Waals surface area contributed by atoms with Crippen molar-refractivity contribution in [2.75, 3.05) is 5.75 Å². The van der Waals surface area contributed by atoms with Crippen molar-refractivity contribution in [2.45, 2.75) is 10.9 Å². The third-order valence-electron chi connectivity index (χ3n) is 2.64. The van der Waals surface area contributed by atoms with Gasteiger partial charge in [0, 0.05) is 16.7 Å². The molecular formula is C14H14FNOS. The van der Waals surface area contributed by atoms with Crippen molar-refractivity contribution in [2.24, 2.45) is 5.73 Å². The molecule has 0 fully saturated rings. The molecule has 2 aromatic rings. The molecule has 2 unspecified atom stereocenters. The number of benzene rings is 2. The molecule has 94 valence electrons. The summed E-state index contributed by atoms with van der Waals surface area (Å²) in [7, 11) is -1.21. The maximum absolute atomic E-state index is 12.8. The van der Waals surface area contributed by atoms with Crippen molar-refractivity contribution in [3.63, 3.8) is 0 Å². The topological polar surface area (TPSA) is 43.1 Å². The van der Waals surface area contributed by atoms with E-state index in [1.165, 1.54) is 24.3 Å². The van der Waals surface area contributed by atoms with Crippen molar-refractivity contribution in [3.05, 3.63) is 66.0 Å². The van der Waals surface area contributed by atoms with Crippen LogP contribution in [0.2, 0.25) is 0 Å². The number of hydrogen-bond donors (Lipinski definition) is 1. The molecule has 0 amide bonds. The zero-order valence-electron chi connectivity index (χ0n) is 9.75. The zero-order valence-corrected chi connectivity index (χ0v) is 10.6. The number of rotatable bonds is 4. The van der Waals surface area contributed by atoms with Crippen molar-refractivity contribution < 1.29 is 8.60 Å². The average Bonchev–Trinajstić information content (AvgIpc) is 2.40. The molecule has 0 radical (unpaired) electrons. The normalized spacial score (nSPS) is 14.1.